The van der Waals surface area contributed by atoms with Gasteiger partial charge in [-0.25, -0.2) is 0 Å². The van der Waals surface area contributed by atoms with Crippen molar-refractivity contribution in [2.45, 2.75) is 0 Å². The Morgan fingerprint density at radius 3 is 1.64 bits per heavy atom. The first-order valence-corrected chi connectivity index (χ1v) is 12.4. The third-order valence-corrected chi connectivity index (χ3v) is 7.07. The molecule has 0 amide bonds. The monoisotopic (exact) mass is 508 g/mol. The lowest BCUT2D eigenvalue weighted by Gasteiger charge is -2.20. The topological polar surface area (TPSA) is 13.1 Å². The second-order valence-electron chi connectivity index (χ2n) is 9.14. The normalized spacial score (nSPS) is 15.9. The van der Waals surface area contributed by atoms with Crippen molar-refractivity contribution >= 4 is 43.5 Å². The maximum Gasteiger partial charge on any atom is 0.136 e. The van der Waals surface area contributed by atoms with E-state index < -0.39 is 48.3 Å². The van der Waals surface area contributed by atoms with Crippen molar-refractivity contribution < 1.29 is 20.9 Å². The summed E-state index contributed by atoms with van der Waals surface area (Å²) >= 11 is 0. The molecule has 39 heavy (non-hydrogen) atoms. The molecule has 1 aromatic heterocycles. The smallest absolute Gasteiger partial charge is 0.136 e. The molecule has 0 saturated heterocycles. The number of furan rings is 1. The van der Waals surface area contributed by atoms with E-state index in [1.165, 1.54) is 0 Å². The van der Waals surface area contributed by atoms with Gasteiger partial charge >= 0.3 is 0 Å². The highest BCUT2D eigenvalue weighted by atomic mass is 16.3. The lowest BCUT2D eigenvalue weighted by molar-refractivity contribution is 0.669. The molecule has 0 radical (unpaired) electrons. The molecule has 0 atom stereocenters. The molecule has 8 rings (SSSR count). The zero-order valence-electron chi connectivity index (χ0n) is 32.3. The summed E-state index contributed by atoms with van der Waals surface area (Å²) in [5, 5.41) is 2.27. The zero-order chi connectivity index (χ0) is 36.2. The number of para-hydroxylation sites is 1. The van der Waals surface area contributed by atoms with E-state index in [9.17, 15) is 2.74 Å². The van der Waals surface area contributed by atoms with E-state index in [1.807, 2.05) is 0 Å². The van der Waals surface area contributed by atoms with Crippen LogP contribution in [0.1, 0.15) is 16.4 Å². The standard InChI is InChI=1S/C38H24O/c1-2-13-25(14-3-1)26-15-4-5-16-27(26)36-28-17-6-8-19-30(28)37(31-20-9-7-18-29(31)36)33-22-12-24-35-38(33)32-21-10-11-23-34(32)39-35/h1-24H/i1D,4D,5D,10D,11D,12D,15D,16D,21D,22D,23D,24D. The molecule has 0 unspecified atom stereocenters. The van der Waals surface area contributed by atoms with Crippen LogP contribution in [0.3, 0.4) is 0 Å². The minimum Gasteiger partial charge on any atom is -0.456 e. The van der Waals surface area contributed by atoms with E-state index >= 15 is 0 Å². The van der Waals surface area contributed by atoms with Crippen LogP contribution in [0, 0.1) is 0 Å². The Kier molecular flexibility index (Phi) is 2.92. The number of rotatable bonds is 3. The van der Waals surface area contributed by atoms with Gasteiger partial charge in [0.15, 0.2) is 0 Å². The Labute approximate surface area is 243 Å². The van der Waals surface area contributed by atoms with Crippen LogP contribution in [-0.2, 0) is 0 Å². The molecular weight excluding hydrogens is 472 g/mol. The molecule has 7 aromatic carbocycles. The van der Waals surface area contributed by atoms with Gasteiger partial charge in [0.1, 0.15) is 11.2 Å². The fourth-order valence-electron chi connectivity index (χ4n) is 5.48. The van der Waals surface area contributed by atoms with E-state index in [-0.39, 0.29) is 62.8 Å². The van der Waals surface area contributed by atoms with Crippen LogP contribution in [0.4, 0.5) is 0 Å². The Bertz CT molecular complexity index is 2770. The molecule has 0 aliphatic carbocycles. The molecule has 0 aliphatic rings. The van der Waals surface area contributed by atoms with Crippen LogP contribution in [-0.4, -0.2) is 0 Å². The van der Waals surface area contributed by atoms with E-state index in [1.54, 1.807) is 72.8 Å². The maximum atomic E-state index is 9.28. The molecule has 182 valence electrons. The first kappa shape index (κ1) is 13.1. The zero-order valence-corrected chi connectivity index (χ0v) is 20.3. The van der Waals surface area contributed by atoms with Crippen LogP contribution in [0.2, 0.25) is 0 Å². The van der Waals surface area contributed by atoms with Crippen LogP contribution < -0.4 is 0 Å². The summed E-state index contributed by atoms with van der Waals surface area (Å²) in [7, 11) is 0. The second-order valence-corrected chi connectivity index (χ2v) is 9.14. The van der Waals surface area contributed by atoms with E-state index in [4.69, 9.17) is 18.1 Å². The van der Waals surface area contributed by atoms with Gasteiger partial charge in [0, 0.05) is 10.8 Å². The lowest BCUT2D eigenvalue weighted by atomic mass is 9.83. The summed E-state index contributed by atoms with van der Waals surface area (Å²) in [6.45, 7) is 0. The maximum absolute atomic E-state index is 9.28. The van der Waals surface area contributed by atoms with Crippen LogP contribution >= 0.6 is 0 Å². The predicted molar refractivity (Wildman–Crippen MR) is 165 cm³/mol. The van der Waals surface area contributed by atoms with Crippen molar-refractivity contribution in [2.24, 2.45) is 0 Å². The predicted octanol–water partition coefficient (Wildman–Crippen LogP) is 10.9. The van der Waals surface area contributed by atoms with E-state index in [2.05, 4.69) is 0 Å². The number of hydrogen-bond acceptors (Lipinski definition) is 1. The fourth-order valence-corrected chi connectivity index (χ4v) is 5.48. The van der Waals surface area contributed by atoms with Crippen molar-refractivity contribution in [1.29, 1.82) is 0 Å². The van der Waals surface area contributed by atoms with Crippen molar-refractivity contribution in [3.8, 4) is 33.4 Å². The van der Waals surface area contributed by atoms with E-state index in [0.717, 1.165) is 0 Å². The molecule has 0 fully saturated rings. The van der Waals surface area contributed by atoms with Crippen LogP contribution in [0.5, 0.6) is 0 Å². The van der Waals surface area contributed by atoms with Gasteiger partial charge in [-0.2, -0.15) is 0 Å². The van der Waals surface area contributed by atoms with Gasteiger partial charge in [-0.3, -0.25) is 0 Å². The summed E-state index contributed by atoms with van der Waals surface area (Å²) in [5.74, 6) is 0. The second kappa shape index (κ2) is 8.72. The molecule has 0 spiro atoms. The summed E-state index contributed by atoms with van der Waals surface area (Å²) < 4.78 is 110. The average Bonchev–Trinajstić information content (AvgIpc) is 3.54. The average molecular weight is 509 g/mol. The summed E-state index contributed by atoms with van der Waals surface area (Å²) in [6.07, 6.45) is 0. The number of hydrogen-bond donors (Lipinski definition) is 0. The van der Waals surface area contributed by atoms with Crippen molar-refractivity contribution in [1.82, 2.24) is 0 Å². The quantitative estimate of drug-likeness (QED) is 0.216. The Morgan fingerprint density at radius 2 is 0.949 bits per heavy atom. The Balaban J connectivity index is 1.63. The van der Waals surface area contributed by atoms with Gasteiger partial charge < -0.3 is 4.42 Å². The van der Waals surface area contributed by atoms with Gasteiger partial charge in [0.05, 0.1) is 16.4 Å². The molecular formula is C38H24O. The number of fused-ring (bicyclic) bond motifs is 5. The number of benzene rings is 7. The van der Waals surface area contributed by atoms with E-state index in [0.29, 0.717) is 38.2 Å². The SMILES string of the molecule is [2H]c1ccc(-c2c([2H])c([2H])c([2H])c([2H])c2-c2c3ccccc3c(-c3c([2H])c([2H])c([2H])c4oc5c([2H])c([2H])c([2H])c([2H])c5c34)c3ccccc23)cc1. The van der Waals surface area contributed by atoms with Gasteiger partial charge in [0.25, 0.3) is 0 Å². The summed E-state index contributed by atoms with van der Waals surface area (Å²) in [4.78, 5) is 0. The van der Waals surface area contributed by atoms with Gasteiger partial charge in [-0.15, -0.1) is 0 Å². The first-order chi connectivity index (χ1) is 24.3. The van der Waals surface area contributed by atoms with Gasteiger partial charge in [-0.1, -0.05) is 133 Å². The van der Waals surface area contributed by atoms with Crippen molar-refractivity contribution in [2.75, 3.05) is 0 Å². The molecule has 0 saturated carbocycles. The van der Waals surface area contributed by atoms with Gasteiger partial charge in [-0.05, 0) is 67.0 Å². The van der Waals surface area contributed by atoms with Crippen molar-refractivity contribution in [3.05, 3.63) is 145 Å². The summed E-state index contributed by atoms with van der Waals surface area (Å²) in [5.41, 5.74) is 1.69. The summed E-state index contributed by atoms with van der Waals surface area (Å²) in [6, 6.07) is 16.5. The molecule has 1 heterocycles. The van der Waals surface area contributed by atoms with Crippen LogP contribution in [0.15, 0.2) is 150 Å². The largest absolute Gasteiger partial charge is 0.456 e. The first-order valence-electron chi connectivity index (χ1n) is 18.4. The molecule has 8 aromatic rings. The minimum absolute atomic E-state index is 0.0115. The fraction of sp³-hybridized carbons (Fsp3) is 0. The third kappa shape index (κ3) is 3.34. The highest BCUT2D eigenvalue weighted by Crippen LogP contribution is 2.48. The molecule has 0 bridgehead atoms. The molecule has 0 N–H and O–H groups in total. The molecule has 1 nitrogen and oxygen atoms in total. The van der Waals surface area contributed by atoms with Crippen molar-refractivity contribution in [3.63, 3.8) is 0 Å². The highest BCUT2D eigenvalue weighted by molar-refractivity contribution is 6.26. The highest BCUT2D eigenvalue weighted by Gasteiger charge is 2.21. The van der Waals surface area contributed by atoms with Crippen LogP contribution in [0.25, 0.3) is 76.9 Å². The molecule has 0 aliphatic heterocycles. The molecule has 1 heteroatoms. The third-order valence-electron chi connectivity index (χ3n) is 7.07. The Hall–Kier alpha value is -5.14. The lowest BCUT2D eigenvalue weighted by Crippen LogP contribution is -1.93. The van der Waals surface area contributed by atoms with Gasteiger partial charge in [0.2, 0.25) is 0 Å². The Morgan fingerprint density at radius 1 is 0.410 bits per heavy atom. The minimum atomic E-state index is -0.516.